The molecular formula is C10H13N3O5S. The fraction of sp³-hybridized carbons (Fsp3) is 0.500. The van der Waals surface area contributed by atoms with Gasteiger partial charge in [0, 0.05) is 24.0 Å². The maximum Gasteiger partial charge on any atom is 0.326 e. The number of nitrogens with one attached hydrogen (secondary N) is 2. The number of carbonyl (C=O) groups excluding carboxylic acids is 1. The molecule has 104 valence electrons. The van der Waals surface area contributed by atoms with E-state index in [4.69, 9.17) is 5.11 Å². The fourth-order valence-electron chi connectivity index (χ4n) is 1.95. The number of hydrogen-bond donors (Lipinski definition) is 4. The van der Waals surface area contributed by atoms with Gasteiger partial charge in [-0.15, -0.1) is 0 Å². The number of aliphatic hydroxyl groups excluding tert-OH is 1. The molecule has 2 amide bonds. The van der Waals surface area contributed by atoms with Crippen molar-refractivity contribution in [3.8, 4) is 0 Å². The van der Waals surface area contributed by atoms with E-state index in [9.17, 15) is 19.5 Å². The number of hydrogen-bond acceptors (Lipinski definition) is 5. The van der Waals surface area contributed by atoms with Gasteiger partial charge in [-0.3, -0.25) is 4.79 Å². The van der Waals surface area contributed by atoms with Gasteiger partial charge in [0.25, 0.3) is 0 Å². The molecule has 2 rings (SSSR count). The monoisotopic (exact) mass is 287 g/mol. The number of nitrogens with zero attached hydrogens (tertiary/aromatic N) is 1. The number of aliphatic hydroxyl groups is 1. The number of rotatable bonds is 3. The molecule has 8 nitrogen and oxygen atoms in total. The molecule has 19 heavy (non-hydrogen) atoms. The Labute approximate surface area is 111 Å². The highest BCUT2D eigenvalue weighted by atomic mass is 32.1. The van der Waals surface area contributed by atoms with E-state index in [-0.39, 0.29) is 24.4 Å². The van der Waals surface area contributed by atoms with Gasteiger partial charge < -0.3 is 25.4 Å². The second kappa shape index (κ2) is 5.41. The summed E-state index contributed by atoms with van der Waals surface area (Å²) >= 11 is 0.984. The maximum atomic E-state index is 11.8. The molecule has 0 saturated carbocycles. The van der Waals surface area contributed by atoms with Gasteiger partial charge in [-0.05, 0) is 0 Å². The first-order valence-electron chi connectivity index (χ1n) is 5.59. The Balaban J connectivity index is 1.95. The van der Waals surface area contributed by atoms with E-state index in [0.29, 0.717) is 5.69 Å². The number of urea groups is 1. The molecule has 1 saturated heterocycles. The molecule has 0 unspecified atom stereocenters. The van der Waals surface area contributed by atoms with Crippen LogP contribution in [0.25, 0.3) is 0 Å². The lowest BCUT2D eigenvalue weighted by molar-refractivity contribution is -0.141. The van der Waals surface area contributed by atoms with Crippen molar-refractivity contribution in [2.24, 2.45) is 0 Å². The molecule has 1 aliphatic heterocycles. The number of carboxylic acids is 1. The van der Waals surface area contributed by atoms with Crippen molar-refractivity contribution in [1.29, 1.82) is 0 Å². The topological polar surface area (TPSA) is 123 Å². The van der Waals surface area contributed by atoms with Crippen molar-refractivity contribution < 1.29 is 19.8 Å². The van der Waals surface area contributed by atoms with Crippen LogP contribution in [-0.2, 0) is 11.3 Å². The fourth-order valence-corrected chi connectivity index (χ4v) is 2.53. The molecule has 4 N–H and O–H groups in total. The predicted octanol–water partition coefficient (Wildman–Crippen LogP) is -0.834. The normalized spacial score (nSPS) is 22.5. The Morgan fingerprint density at radius 1 is 1.58 bits per heavy atom. The maximum absolute atomic E-state index is 11.8. The standard InChI is InChI=1S/C10H13N3O5S/c14-6-1-7(8(15)16)13(3-6)9(17)11-2-5-4-19-10(18)12-5/h4,6-7,14H,1-3H2,(H,11,17)(H,12,18)(H,15,16)/t6-,7-/m0/s1. The smallest absolute Gasteiger partial charge is 0.326 e. The molecule has 1 fully saturated rings. The third-order valence-corrected chi connectivity index (χ3v) is 3.54. The number of H-pyrrole nitrogens is 1. The number of thiazole rings is 1. The van der Waals surface area contributed by atoms with Gasteiger partial charge in [-0.25, -0.2) is 9.59 Å². The molecule has 0 bridgehead atoms. The highest BCUT2D eigenvalue weighted by molar-refractivity contribution is 7.07. The van der Waals surface area contributed by atoms with Crippen LogP contribution in [0.1, 0.15) is 12.1 Å². The summed E-state index contributed by atoms with van der Waals surface area (Å²) in [6, 6.07) is -1.59. The van der Waals surface area contributed by atoms with Crippen LogP contribution in [0.15, 0.2) is 10.2 Å². The highest BCUT2D eigenvalue weighted by Crippen LogP contribution is 2.18. The number of amides is 2. The SMILES string of the molecule is O=C(O)[C@@H]1C[C@H](O)CN1C(=O)NCc1csc(=O)[nH]1. The minimum absolute atomic E-state index is 0.0110. The minimum atomic E-state index is -1.14. The first-order chi connectivity index (χ1) is 8.97. The second-order valence-corrected chi connectivity index (χ2v) is 5.07. The molecule has 2 atom stereocenters. The quantitative estimate of drug-likeness (QED) is 0.577. The van der Waals surface area contributed by atoms with Crippen LogP contribution in [0.4, 0.5) is 4.79 Å². The van der Waals surface area contributed by atoms with Crippen LogP contribution in [0.5, 0.6) is 0 Å². The lowest BCUT2D eigenvalue weighted by Crippen LogP contribution is -2.46. The molecule has 2 heterocycles. The van der Waals surface area contributed by atoms with Gasteiger partial charge in [-0.2, -0.15) is 0 Å². The van der Waals surface area contributed by atoms with Crippen molar-refractivity contribution in [2.75, 3.05) is 6.54 Å². The van der Waals surface area contributed by atoms with Crippen LogP contribution in [0, 0.1) is 0 Å². The summed E-state index contributed by atoms with van der Waals surface area (Å²) < 4.78 is 0. The van der Waals surface area contributed by atoms with Crippen molar-refractivity contribution in [3.63, 3.8) is 0 Å². The molecule has 1 aromatic rings. The van der Waals surface area contributed by atoms with Gasteiger partial charge in [0.1, 0.15) is 6.04 Å². The van der Waals surface area contributed by atoms with Crippen LogP contribution >= 0.6 is 11.3 Å². The summed E-state index contributed by atoms with van der Waals surface area (Å²) in [6.07, 6.45) is -0.800. The Morgan fingerprint density at radius 3 is 2.89 bits per heavy atom. The molecule has 0 aliphatic carbocycles. The summed E-state index contributed by atoms with van der Waals surface area (Å²) in [5.41, 5.74) is 0.551. The van der Waals surface area contributed by atoms with Gasteiger partial charge in [-0.1, -0.05) is 11.3 Å². The van der Waals surface area contributed by atoms with E-state index in [1.807, 2.05) is 0 Å². The van der Waals surface area contributed by atoms with Crippen molar-refractivity contribution in [2.45, 2.75) is 25.1 Å². The molecule has 9 heteroatoms. The van der Waals surface area contributed by atoms with Crippen molar-refractivity contribution >= 4 is 23.3 Å². The first-order valence-corrected chi connectivity index (χ1v) is 6.47. The zero-order chi connectivity index (χ0) is 14.0. The zero-order valence-corrected chi connectivity index (χ0v) is 10.6. The van der Waals surface area contributed by atoms with Gasteiger partial charge in [0.15, 0.2) is 0 Å². The van der Waals surface area contributed by atoms with Crippen LogP contribution in [0.2, 0.25) is 0 Å². The summed E-state index contributed by atoms with van der Waals surface area (Å²) in [5.74, 6) is -1.14. The third kappa shape index (κ3) is 3.12. The second-order valence-electron chi connectivity index (χ2n) is 4.23. The molecule has 1 aromatic heterocycles. The molecule has 0 spiro atoms. The molecule has 0 radical (unpaired) electrons. The zero-order valence-electron chi connectivity index (χ0n) is 9.83. The van der Waals surface area contributed by atoms with Crippen LogP contribution < -0.4 is 10.2 Å². The van der Waals surface area contributed by atoms with E-state index < -0.39 is 24.1 Å². The molecule has 0 aromatic carbocycles. The van der Waals surface area contributed by atoms with Crippen LogP contribution in [-0.4, -0.2) is 50.8 Å². The Bertz CT molecular complexity index is 539. The number of carboxylic acid groups (broad SMARTS) is 1. The summed E-state index contributed by atoms with van der Waals surface area (Å²) in [4.78, 5) is 37.1. The average Bonchev–Trinajstić information content (AvgIpc) is 2.92. The van der Waals surface area contributed by atoms with E-state index in [1.165, 1.54) is 0 Å². The number of aromatic amines is 1. The predicted molar refractivity (Wildman–Crippen MR) is 65.9 cm³/mol. The number of aromatic nitrogens is 1. The van der Waals surface area contributed by atoms with Crippen LogP contribution in [0.3, 0.4) is 0 Å². The Hall–Kier alpha value is -1.87. The van der Waals surface area contributed by atoms with Crippen molar-refractivity contribution in [3.05, 3.63) is 20.7 Å². The van der Waals surface area contributed by atoms with E-state index in [1.54, 1.807) is 5.38 Å². The van der Waals surface area contributed by atoms with Gasteiger partial charge in [0.2, 0.25) is 0 Å². The third-order valence-electron chi connectivity index (χ3n) is 2.83. The Morgan fingerprint density at radius 2 is 2.32 bits per heavy atom. The number of β-amino-alcohol motifs (C(OH)–C–C–N with tert-alkyl or cyclic N) is 1. The summed E-state index contributed by atoms with van der Waals surface area (Å²) in [6.45, 7) is 0.0967. The molecular weight excluding hydrogens is 274 g/mol. The lowest BCUT2D eigenvalue weighted by Gasteiger charge is -2.21. The lowest BCUT2D eigenvalue weighted by atomic mass is 10.2. The number of carbonyl (C=O) groups is 2. The number of likely N-dealkylation sites (tertiary alicyclic amines) is 1. The summed E-state index contributed by atoms with van der Waals surface area (Å²) in [7, 11) is 0. The van der Waals surface area contributed by atoms with Gasteiger partial charge in [0.05, 0.1) is 12.6 Å². The first kappa shape index (κ1) is 13.6. The highest BCUT2D eigenvalue weighted by Gasteiger charge is 2.38. The van der Waals surface area contributed by atoms with E-state index >= 15 is 0 Å². The molecule has 1 aliphatic rings. The minimum Gasteiger partial charge on any atom is -0.480 e. The van der Waals surface area contributed by atoms with E-state index in [2.05, 4.69) is 10.3 Å². The largest absolute Gasteiger partial charge is 0.480 e. The van der Waals surface area contributed by atoms with Gasteiger partial charge >= 0.3 is 16.9 Å². The summed E-state index contributed by atoms with van der Waals surface area (Å²) in [5, 5.41) is 22.5. The Kier molecular flexibility index (Phi) is 3.86. The van der Waals surface area contributed by atoms with Crippen molar-refractivity contribution in [1.82, 2.24) is 15.2 Å². The number of aliphatic carboxylic acids is 1. The average molecular weight is 287 g/mol. The van der Waals surface area contributed by atoms with E-state index in [0.717, 1.165) is 16.2 Å².